The minimum Gasteiger partial charge on any atom is -0.314 e. The smallest absolute Gasteiger partial charge is 0.0416 e. The first-order valence-electron chi connectivity index (χ1n) is 7.20. The van der Waals surface area contributed by atoms with E-state index >= 15 is 0 Å². The van der Waals surface area contributed by atoms with Crippen molar-refractivity contribution in [2.75, 3.05) is 6.54 Å². The molecule has 1 aliphatic rings. The molecule has 104 valence electrons. The van der Waals surface area contributed by atoms with E-state index in [-0.39, 0.29) is 0 Å². The Kier molecular flexibility index (Phi) is 4.48. The summed E-state index contributed by atoms with van der Waals surface area (Å²) in [5, 5.41) is 3.63. The van der Waals surface area contributed by atoms with Crippen LogP contribution < -0.4 is 5.32 Å². The molecule has 1 aliphatic carbocycles. The first-order valence-corrected chi connectivity index (χ1v) is 7.99. The molecule has 1 aromatic carbocycles. The normalized spacial score (nSPS) is 21.4. The van der Waals surface area contributed by atoms with E-state index in [0.29, 0.717) is 6.04 Å². The Morgan fingerprint density at radius 1 is 1.15 bits per heavy atom. The number of halogens is 1. The Hall–Kier alpha value is -1.19. The summed E-state index contributed by atoms with van der Waals surface area (Å²) < 4.78 is 1.18. The molecule has 2 nitrogen and oxygen atoms in total. The average molecular weight is 331 g/mol. The molecule has 1 N–H and O–H groups in total. The van der Waals surface area contributed by atoms with Gasteiger partial charge in [0.05, 0.1) is 0 Å². The lowest BCUT2D eigenvalue weighted by molar-refractivity contribution is 0.292. The molecule has 1 heterocycles. The van der Waals surface area contributed by atoms with Gasteiger partial charge in [-0.3, -0.25) is 4.98 Å². The maximum absolute atomic E-state index is 4.35. The van der Waals surface area contributed by atoms with Crippen molar-refractivity contribution >= 4 is 15.9 Å². The average Bonchev–Trinajstić information content (AvgIpc) is 2.42. The summed E-state index contributed by atoms with van der Waals surface area (Å²) in [7, 11) is 0. The van der Waals surface area contributed by atoms with Gasteiger partial charge >= 0.3 is 0 Å². The number of nitrogens with one attached hydrogen (secondary N) is 1. The van der Waals surface area contributed by atoms with Gasteiger partial charge in [0.2, 0.25) is 0 Å². The number of rotatable bonds is 5. The third kappa shape index (κ3) is 3.47. The van der Waals surface area contributed by atoms with Crippen molar-refractivity contribution in [2.24, 2.45) is 0 Å². The van der Waals surface area contributed by atoms with Crippen LogP contribution in [0.2, 0.25) is 0 Å². The first kappa shape index (κ1) is 13.8. The molecular formula is C17H19BrN2. The molecule has 0 saturated heterocycles. The fourth-order valence-electron chi connectivity index (χ4n) is 2.77. The predicted octanol–water partition coefficient (Wildman–Crippen LogP) is 3.92. The van der Waals surface area contributed by atoms with Crippen LogP contribution in [0.4, 0.5) is 0 Å². The standard InChI is InChI=1S/C17H19BrN2/c18-15-5-3-4-13(10-15)14-11-17(12-14)20-9-7-16-6-1-2-8-19-16/h1-6,8,10,14,17,20H,7,9,11-12H2. The van der Waals surface area contributed by atoms with Crippen LogP contribution in [0.1, 0.15) is 30.0 Å². The van der Waals surface area contributed by atoms with Gasteiger partial charge in [0.15, 0.2) is 0 Å². The Morgan fingerprint density at radius 3 is 2.80 bits per heavy atom. The second kappa shape index (κ2) is 6.51. The Bertz CT molecular complexity index is 550. The van der Waals surface area contributed by atoms with Crippen LogP contribution in [-0.4, -0.2) is 17.6 Å². The van der Waals surface area contributed by atoms with E-state index in [0.717, 1.165) is 18.9 Å². The van der Waals surface area contributed by atoms with Crippen LogP contribution in [0.25, 0.3) is 0 Å². The van der Waals surface area contributed by atoms with Gasteiger partial charge in [-0.2, -0.15) is 0 Å². The fourth-order valence-corrected chi connectivity index (χ4v) is 3.18. The number of benzene rings is 1. The molecule has 0 bridgehead atoms. The lowest BCUT2D eigenvalue weighted by atomic mass is 9.76. The fraction of sp³-hybridized carbons (Fsp3) is 0.353. The van der Waals surface area contributed by atoms with E-state index in [1.165, 1.54) is 28.6 Å². The highest BCUT2D eigenvalue weighted by atomic mass is 79.9. The maximum atomic E-state index is 4.35. The Labute approximate surface area is 128 Å². The van der Waals surface area contributed by atoms with Gasteiger partial charge in [-0.15, -0.1) is 0 Å². The molecule has 0 amide bonds. The van der Waals surface area contributed by atoms with Crippen molar-refractivity contribution in [3.8, 4) is 0 Å². The second-order valence-electron chi connectivity index (χ2n) is 5.45. The molecule has 1 fully saturated rings. The van der Waals surface area contributed by atoms with Crippen molar-refractivity contribution in [1.29, 1.82) is 0 Å². The van der Waals surface area contributed by atoms with Gasteiger partial charge in [-0.05, 0) is 48.6 Å². The van der Waals surface area contributed by atoms with Crippen LogP contribution in [0.15, 0.2) is 53.1 Å². The summed E-state index contributed by atoms with van der Waals surface area (Å²) in [4.78, 5) is 4.35. The van der Waals surface area contributed by atoms with Gasteiger partial charge < -0.3 is 5.32 Å². The summed E-state index contributed by atoms with van der Waals surface area (Å²) in [5.74, 6) is 0.722. The van der Waals surface area contributed by atoms with Crippen molar-refractivity contribution in [1.82, 2.24) is 10.3 Å². The van der Waals surface area contributed by atoms with E-state index in [2.05, 4.69) is 62.6 Å². The van der Waals surface area contributed by atoms with Crippen molar-refractivity contribution in [3.05, 3.63) is 64.4 Å². The van der Waals surface area contributed by atoms with Gasteiger partial charge in [0.25, 0.3) is 0 Å². The van der Waals surface area contributed by atoms with Crippen molar-refractivity contribution < 1.29 is 0 Å². The first-order chi connectivity index (χ1) is 9.81. The molecule has 0 aliphatic heterocycles. The highest BCUT2D eigenvalue weighted by Gasteiger charge is 2.29. The topological polar surface area (TPSA) is 24.9 Å². The zero-order valence-electron chi connectivity index (χ0n) is 11.4. The highest BCUT2D eigenvalue weighted by Crippen LogP contribution is 2.37. The highest BCUT2D eigenvalue weighted by molar-refractivity contribution is 9.10. The minimum absolute atomic E-state index is 0.669. The summed E-state index contributed by atoms with van der Waals surface area (Å²) in [6.07, 6.45) is 5.37. The SMILES string of the molecule is Brc1cccc(C2CC(NCCc3ccccn3)C2)c1. The molecule has 0 atom stereocenters. The molecular weight excluding hydrogens is 312 g/mol. The Balaban J connectivity index is 1.40. The molecule has 2 aromatic rings. The van der Waals surface area contributed by atoms with E-state index in [9.17, 15) is 0 Å². The maximum Gasteiger partial charge on any atom is 0.0416 e. The molecule has 3 rings (SSSR count). The van der Waals surface area contributed by atoms with Gasteiger partial charge in [-0.25, -0.2) is 0 Å². The van der Waals surface area contributed by atoms with E-state index < -0.39 is 0 Å². The summed E-state index contributed by atoms with van der Waals surface area (Å²) in [6.45, 7) is 1.02. The minimum atomic E-state index is 0.669. The third-order valence-electron chi connectivity index (χ3n) is 4.00. The Morgan fingerprint density at radius 2 is 2.05 bits per heavy atom. The van der Waals surface area contributed by atoms with Crippen LogP contribution in [0.5, 0.6) is 0 Å². The molecule has 0 spiro atoms. The van der Waals surface area contributed by atoms with Gasteiger partial charge in [-0.1, -0.05) is 34.1 Å². The van der Waals surface area contributed by atoms with E-state index in [1.807, 2.05) is 12.3 Å². The molecule has 0 unspecified atom stereocenters. The van der Waals surface area contributed by atoms with Crippen LogP contribution in [0, 0.1) is 0 Å². The van der Waals surface area contributed by atoms with Gasteiger partial charge in [0, 0.05) is 35.4 Å². The largest absolute Gasteiger partial charge is 0.314 e. The molecule has 1 saturated carbocycles. The lowest BCUT2D eigenvalue weighted by Gasteiger charge is -2.36. The van der Waals surface area contributed by atoms with Crippen LogP contribution in [-0.2, 0) is 6.42 Å². The summed E-state index contributed by atoms with van der Waals surface area (Å²) >= 11 is 3.54. The van der Waals surface area contributed by atoms with Crippen molar-refractivity contribution in [2.45, 2.75) is 31.2 Å². The molecule has 3 heteroatoms. The number of aromatic nitrogens is 1. The molecule has 0 radical (unpaired) electrons. The summed E-state index contributed by atoms with van der Waals surface area (Å²) in [5.41, 5.74) is 2.63. The van der Waals surface area contributed by atoms with Gasteiger partial charge in [0.1, 0.15) is 0 Å². The number of pyridine rings is 1. The quantitative estimate of drug-likeness (QED) is 0.898. The zero-order chi connectivity index (χ0) is 13.8. The number of hydrogen-bond donors (Lipinski definition) is 1. The van der Waals surface area contributed by atoms with E-state index in [1.54, 1.807) is 0 Å². The second-order valence-corrected chi connectivity index (χ2v) is 6.36. The lowest BCUT2D eigenvalue weighted by Crippen LogP contribution is -2.41. The van der Waals surface area contributed by atoms with Crippen LogP contribution >= 0.6 is 15.9 Å². The van der Waals surface area contributed by atoms with Crippen molar-refractivity contribution in [3.63, 3.8) is 0 Å². The third-order valence-corrected chi connectivity index (χ3v) is 4.49. The number of nitrogens with zero attached hydrogens (tertiary/aromatic N) is 1. The number of hydrogen-bond acceptors (Lipinski definition) is 2. The van der Waals surface area contributed by atoms with E-state index in [4.69, 9.17) is 0 Å². The summed E-state index contributed by atoms with van der Waals surface area (Å²) in [6, 6.07) is 15.5. The predicted molar refractivity (Wildman–Crippen MR) is 85.8 cm³/mol. The zero-order valence-corrected chi connectivity index (χ0v) is 13.0. The molecule has 1 aromatic heterocycles. The monoisotopic (exact) mass is 330 g/mol. The van der Waals surface area contributed by atoms with Crippen LogP contribution in [0.3, 0.4) is 0 Å². The molecule has 20 heavy (non-hydrogen) atoms.